The summed E-state index contributed by atoms with van der Waals surface area (Å²) < 4.78 is 5.42. The van der Waals surface area contributed by atoms with Crippen LogP contribution in [0.3, 0.4) is 0 Å². The van der Waals surface area contributed by atoms with E-state index in [2.05, 4.69) is 20.3 Å². The summed E-state index contributed by atoms with van der Waals surface area (Å²) in [6.07, 6.45) is 6.17. The third kappa shape index (κ3) is 3.28. The first-order valence-corrected chi connectivity index (χ1v) is 5.10. The predicted molar refractivity (Wildman–Crippen MR) is 65.8 cm³/mol. The van der Waals surface area contributed by atoms with Crippen molar-refractivity contribution in [2.45, 2.75) is 0 Å². The van der Waals surface area contributed by atoms with E-state index < -0.39 is 0 Å². The van der Waals surface area contributed by atoms with Crippen molar-refractivity contribution in [3.8, 4) is 11.9 Å². The predicted octanol–water partition coefficient (Wildman–Crippen LogP) is 1.80. The SMILES string of the molecule is N#C/N=C(/Nc1cncnc1)Oc1ccccc1. The molecule has 0 aliphatic rings. The summed E-state index contributed by atoms with van der Waals surface area (Å²) in [6.45, 7) is 0. The Kier molecular flexibility index (Phi) is 3.82. The van der Waals surface area contributed by atoms with Gasteiger partial charge in [0.2, 0.25) is 6.19 Å². The van der Waals surface area contributed by atoms with E-state index in [1.54, 1.807) is 30.7 Å². The van der Waals surface area contributed by atoms with Crippen LogP contribution in [0.1, 0.15) is 0 Å². The molecule has 6 nitrogen and oxygen atoms in total. The summed E-state index contributed by atoms with van der Waals surface area (Å²) in [4.78, 5) is 11.2. The normalized spacial score (nSPS) is 10.5. The van der Waals surface area contributed by atoms with Crippen molar-refractivity contribution in [3.05, 3.63) is 49.1 Å². The summed E-state index contributed by atoms with van der Waals surface area (Å²) in [7, 11) is 0. The molecule has 0 saturated heterocycles. The van der Waals surface area contributed by atoms with Crippen LogP contribution < -0.4 is 10.1 Å². The number of hydrogen-bond donors (Lipinski definition) is 1. The zero-order valence-electron chi connectivity index (χ0n) is 9.32. The number of para-hydroxylation sites is 1. The molecule has 0 unspecified atom stereocenters. The molecule has 1 aromatic heterocycles. The van der Waals surface area contributed by atoms with E-state index in [9.17, 15) is 0 Å². The van der Waals surface area contributed by atoms with Crippen LogP contribution in [-0.2, 0) is 0 Å². The number of rotatable bonds is 2. The number of nitrogens with zero attached hydrogens (tertiary/aromatic N) is 4. The first-order valence-electron chi connectivity index (χ1n) is 5.10. The molecular formula is C12H9N5O. The Bertz CT molecular complexity index is 519. The number of amidine groups is 1. The quantitative estimate of drug-likeness (QED) is 0.491. The molecule has 2 rings (SSSR count). The maximum Gasteiger partial charge on any atom is 0.310 e. The largest absolute Gasteiger partial charge is 0.425 e. The van der Waals surface area contributed by atoms with Crippen molar-refractivity contribution < 1.29 is 4.74 Å². The number of nitriles is 1. The Hall–Kier alpha value is -2.94. The minimum atomic E-state index is 0.0681. The summed E-state index contributed by atoms with van der Waals surface area (Å²) in [5, 5.41) is 11.4. The first kappa shape index (κ1) is 11.5. The number of anilines is 1. The third-order valence-electron chi connectivity index (χ3n) is 1.92. The fraction of sp³-hybridized carbons (Fsp3) is 0. The smallest absolute Gasteiger partial charge is 0.310 e. The molecule has 0 fully saturated rings. The van der Waals surface area contributed by atoms with Crippen LogP contribution in [0.4, 0.5) is 5.69 Å². The Morgan fingerprint density at radius 2 is 1.94 bits per heavy atom. The van der Waals surface area contributed by atoms with Crippen LogP contribution in [-0.4, -0.2) is 16.0 Å². The maximum absolute atomic E-state index is 8.60. The van der Waals surface area contributed by atoms with Gasteiger partial charge in [-0.05, 0) is 12.1 Å². The second-order valence-corrected chi connectivity index (χ2v) is 3.18. The minimum absolute atomic E-state index is 0.0681. The van der Waals surface area contributed by atoms with Gasteiger partial charge < -0.3 is 10.1 Å². The van der Waals surface area contributed by atoms with Gasteiger partial charge in [-0.15, -0.1) is 4.99 Å². The zero-order chi connectivity index (χ0) is 12.6. The lowest BCUT2D eigenvalue weighted by Crippen LogP contribution is -2.19. The standard InChI is InChI=1S/C12H9N5O/c13-8-16-12(17-10-6-14-9-15-7-10)18-11-4-2-1-3-5-11/h1-7,9H,(H,16,17). The molecule has 1 N–H and O–H groups in total. The number of nitrogens with one attached hydrogen (secondary N) is 1. The molecule has 2 aromatic rings. The molecule has 6 heteroatoms. The molecule has 0 atom stereocenters. The summed E-state index contributed by atoms with van der Waals surface area (Å²) in [6, 6.07) is 9.10. The number of benzene rings is 1. The third-order valence-corrected chi connectivity index (χ3v) is 1.92. The van der Waals surface area contributed by atoms with Crippen molar-refractivity contribution in [1.29, 1.82) is 5.26 Å². The van der Waals surface area contributed by atoms with E-state index in [-0.39, 0.29) is 6.02 Å². The van der Waals surface area contributed by atoms with Gasteiger partial charge in [0, 0.05) is 0 Å². The highest BCUT2D eigenvalue weighted by molar-refractivity contribution is 5.90. The maximum atomic E-state index is 8.60. The second-order valence-electron chi connectivity index (χ2n) is 3.18. The van der Waals surface area contributed by atoms with Crippen LogP contribution in [0.5, 0.6) is 5.75 Å². The highest BCUT2D eigenvalue weighted by Gasteiger charge is 2.03. The molecule has 0 spiro atoms. The highest BCUT2D eigenvalue weighted by atomic mass is 16.5. The Morgan fingerprint density at radius 1 is 1.22 bits per heavy atom. The number of aromatic nitrogens is 2. The van der Waals surface area contributed by atoms with Gasteiger partial charge in [0.1, 0.15) is 12.1 Å². The Labute approximate surface area is 104 Å². The number of hydrogen-bond acceptors (Lipinski definition) is 5. The lowest BCUT2D eigenvalue weighted by Gasteiger charge is -2.08. The van der Waals surface area contributed by atoms with Gasteiger partial charge in [-0.1, -0.05) is 18.2 Å². The van der Waals surface area contributed by atoms with Crippen molar-refractivity contribution >= 4 is 11.7 Å². The average Bonchev–Trinajstić information content (AvgIpc) is 2.41. The highest BCUT2D eigenvalue weighted by Crippen LogP contribution is 2.10. The Balaban J connectivity index is 2.11. The van der Waals surface area contributed by atoms with Crippen LogP contribution in [0.25, 0.3) is 0 Å². The average molecular weight is 239 g/mol. The molecule has 0 amide bonds. The summed E-state index contributed by atoms with van der Waals surface area (Å²) in [5.41, 5.74) is 0.586. The van der Waals surface area contributed by atoms with Gasteiger partial charge in [0.15, 0.2) is 0 Å². The van der Waals surface area contributed by atoms with Gasteiger partial charge in [-0.2, -0.15) is 5.26 Å². The van der Waals surface area contributed by atoms with E-state index in [4.69, 9.17) is 10.00 Å². The molecule has 88 valence electrons. The van der Waals surface area contributed by atoms with Crippen molar-refractivity contribution in [2.24, 2.45) is 4.99 Å². The lowest BCUT2D eigenvalue weighted by atomic mass is 10.3. The molecule has 0 bridgehead atoms. The molecule has 0 aliphatic carbocycles. The van der Waals surface area contributed by atoms with Crippen LogP contribution >= 0.6 is 0 Å². The molecule has 1 heterocycles. The van der Waals surface area contributed by atoms with Gasteiger partial charge in [-0.25, -0.2) is 9.97 Å². The summed E-state index contributed by atoms with van der Waals surface area (Å²) >= 11 is 0. The molecular weight excluding hydrogens is 230 g/mol. The van der Waals surface area contributed by atoms with Crippen molar-refractivity contribution in [1.82, 2.24) is 9.97 Å². The molecule has 18 heavy (non-hydrogen) atoms. The van der Waals surface area contributed by atoms with E-state index in [0.717, 1.165) is 0 Å². The second kappa shape index (κ2) is 5.96. The van der Waals surface area contributed by atoms with E-state index in [1.807, 2.05) is 18.2 Å². The van der Waals surface area contributed by atoms with Gasteiger partial charge in [-0.3, -0.25) is 0 Å². The number of ether oxygens (including phenoxy) is 1. The topological polar surface area (TPSA) is 83.2 Å². The minimum Gasteiger partial charge on any atom is -0.425 e. The Morgan fingerprint density at radius 3 is 2.61 bits per heavy atom. The van der Waals surface area contributed by atoms with E-state index >= 15 is 0 Å². The van der Waals surface area contributed by atoms with Crippen LogP contribution in [0.2, 0.25) is 0 Å². The van der Waals surface area contributed by atoms with Gasteiger partial charge >= 0.3 is 6.02 Å². The van der Waals surface area contributed by atoms with Crippen molar-refractivity contribution in [2.75, 3.05) is 5.32 Å². The van der Waals surface area contributed by atoms with Gasteiger partial charge in [0.25, 0.3) is 0 Å². The first-order chi connectivity index (χ1) is 8.88. The zero-order valence-corrected chi connectivity index (χ0v) is 9.32. The fourth-order valence-corrected chi connectivity index (χ4v) is 1.21. The van der Waals surface area contributed by atoms with Crippen molar-refractivity contribution in [3.63, 3.8) is 0 Å². The van der Waals surface area contributed by atoms with E-state index in [1.165, 1.54) is 6.33 Å². The molecule has 1 aromatic carbocycles. The molecule has 0 radical (unpaired) electrons. The molecule has 0 aliphatic heterocycles. The van der Waals surface area contributed by atoms with Crippen LogP contribution in [0.15, 0.2) is 54.0 Å². The van der Waals surface area contributed by atoms with Gasteiger partial charge in [0.05, 0.1) is 18.1 Å². The summed E-state index contributed by atoms with van der Waals surface area (Å²) in [5.74, 6) is 0.579. The van der Waals surface area contributed by atoms with E-state index in [0.29, 0.717) is 11.4 Å². The number of aliphatic imine (C=N–C) groups is 1. The molecule has 0 saturated carbocycles. The monoisotopic (exact) mass is 239 g/mol. The lowest BCUT2D eigenvalue weighted by molar-refractivity contribution is 0.549. The fourth-order valence-electron chi connectivity index (χ4n) is 1.21. The van der Waals surface area contributed by atoms with Crippen LogP contribution in [0, 0.1) is 11.5 Å².